The number of aliphatic imine (C=N–C) groups is 1. The molecule has 21 heavy (non-hydrogen) atoms. The number of rotatable bonds is 8. The van der Waals surface area contributed by atoms with Crippen LogP contribution in [0, 0.1) is 5.92 Å². The summed E-state index contributed by atoms with van der Waals surface area (Å²) in [4.78, 5) is 4.66. The minimum Gasteiger partial charge on any atom is -0.494 e. The fraction of sp³-hybridized carbons (Fsp3) is 0.588. The van der Waals surface area contributed by atoms with Gasteiger partial charge in [-0.15, -0.1) is 0 Å². The van der Waals surface area contributed by atoms with E-state index in [-0.39, 0.29) is 0 Å². The molecule has 0 heterocycles. The second kappa shape index (κ2) is 8.55. The van der Waals surface area contributed by atoms with Crippen LogP contribution in [-0.2, 0) is 6.54 Å². The molecular weight excluding hydrogens is 262 g/mol. The number of benzene rings is 1. The zero-order valence-electron chi connectivity index (χ0n) is 13.2. The molecule has 0 atom stereocenters. The van der Waals surface area contributed by atoms with Gasteiger partial charge in [0.25, 0.3) is 0 Å². The molecule has 2 rings (SSSR count). The smallest absolute Gasteiger partial charge is 0.191 e. The van der Waals surface area contributed by atoms with Gasteiger partial charge in [-0.3, -0.25) is 0 Å². The number of hydrogen-bond donors (Lipinski definition) is 2. The van der Waals surface area contributed by atoms with Gasteiger partial charge in [-0.25, -0.2) is 4.99 Å². The lowest BCUT2D eigenvalue weighted by molar-refractivity contribution is 0.336. The molecule has 1 aromatic carbocycles. The molecule has 1 aliphatic rings. The lowest BCUT2D eigenvalue weighted by atomic mass is 10.2. The third-order valence-corrected chi connectivity index (χ3v) is 3.57. The molecule has 0 saturated heterocycles. The zero-order valence-corrected chi connectivity index (χ0v) is 13.2. The first kappa shape index (κ1) is 15.7. The molecule has 1 aliphatic carbocycles. The number of para-hydroxylation sites is 1. The van der Waals surface area contributed by atoms with E-state index in [1.54, 1.807) is 0 Å². The minimum absolute atomic E-state index is 0.634. The Bertz CT molecular complexity index is 455. The molecular formula is C17H27N3O. The molecule has 0 unspecified atom stereocenters. The van der Waals surface area contributed by atoms with E-state index in [9.17, 15) is 0 Å². The Morgan fingerprint density at radius 2 is 2.05 bits per heavy atom. The predicted octanol–water partition coefficient (Wildman–Crippen LogP) is 2.94. The summed E-state index contributed by atoms with van der Waals surface area (Å²) >= 11 is 0. The molecule has 1 fully saturated rings. The topological polar surface area (TPSA) is 45.7 Å². The summed E-state index contributed by atoms with van der Waals surface area (Å²) in [5.74, 6) is 2.76. The molecule has 0 aromatic heterocycles. The van der Waals surface area contributed by atoms with Crippen LogP contribution in [0.2, 0.25) is 0 Å². The summed E-state index contributed by atoms with van der Waals surface area (Å²) in [7, 11) is 0. The molecule has 1 aromatic rings. The predicted molar refractivity (Wildman–Crippen MR) is 87.8 cm³/mol. The van der Waals surface area contributed by atoms with Gasteiger partial charge in [-0.05, 0) is 32.3 Å². The summed E-state index contributed by atoms with van der Waals surface area (Å²) < 4.78 is 5.64. The molecule has 4 heteroatoms. The number of nitrogens with zero attached hydrogens (tertiary/aromatic N) is 1. The van der Waals surface area contributed by atoms with Crippen molar-refractivity contribution in [2.24, 2.45) is 10.9 Å². The van der Waals surface area contributed by atoms with Crippen LogP contribution in [-0.4, -0.2) is 25.7 Å². The Balaban J connectivity index is 1.90. The second-order valence-corrected chi connectivity index (χ2v) is 5.39. The molecule has 0 radical (unpaired) electrons. The maximum absolute atomic E-state index is 5.64. The van der Waals surface area contributed by atoms with Crippen LogP contribution in [0.1, 0.15) is 38.7 Å². The lowest BCUT2D eigenvalue weighted by Gasteiger charge is -2.12. The Hall–Kier alpha value is -1.71. The summed E-state index contributed by atoms with van der Waals surface area (Å²) in [6.07, 6.45) is 4.05. The average molecular weight is 289 g/mol. The first-order valence-corrected chi connectivity index (χ1v) is 8.06. The van der Waals surface area contributed by atoms with Crippen molar-refractivity contribution in [2.45, 2.75) is 39.7 Å². The van der Waals surface area contributed by atoms with Crippen molar-refractivity contribution < 1.29 is 4.74 Å². The van der Waals surface area contributed by atoms with Gasteiger partial charge < -0.3 is 15.4 Å². The third-order valence-electron chi connectivity index (χ3n) is 3.57. The summed E-state index contributed by atoms with van der Waals surface area (Å²) in [5, 5.41) is 6.71. The van der Waals surface area contributed by atoms with Crippen LogP contribution >= 0.6 is 0 Å². The molecule has 0 bridgehead atoms. The third kappa shape index (κ3) is 5.66. The summed E-state index contributed by atoms with van der Waals surface area (Å²) in [6.45, 7) is 7.29. The van der Waals surface area contributed by atoms with Gasteiger partial charge in [-0.1, -0.05) is 31.0 Å². The van der Waals surface area contributed by atoms with Crippen LogP contribution in [0.25, 0.3) is 0 Å². The highest BCUT2D eigenvalue weighted by Gasteiger charge is 2.20. The SMILES string of the molecule is CCNC(=NCc1ccccc1OCC)NCCC1CC1. The van der Waals surface area contributed by atoms with Crippen molar-refractivity contribution in [2.75, 3.05) is 19.7 Å². The number of nitrogens with one attached hydrogen (secondary N) is 2. The molecule has 1 saturated carbocycles. The van der Waals surface area contributed by atoms with Gasteiger partial charge in [0.15, 0.2) is 5.96 Å². The first-order valence-electron chi connectivity index (χ1n) is 8.06. The Kier molecular flexibility index (Phi) is 6.38. The van der Waals surface area contributed by atoms with Gasteiger partial charge >= 0.3 is 0 Å². The van der Waals surface area contributed by atoms with E-state index < -0.39 is 0 Å². The highest BCUT2D eigenvalue weighted by molar-refractivity contribution is 5.79. The molecule has 116 valence electrons. The van der Waals surface area contributed by atoms with E-state index >= 15 is 0 Å². The lowest BCUT2D eigenvalue weighted by Crippen LogP contribution is -2.37. The van der Waals surface area contributed by atoms with Crippen molar-refractivity contribution >= 4 is 5.96 Å². The van der Waals surface area contributed by atoms with Crippen molar-refractivity contribution in [3.63, 3.8) is 0 Å². The Morgan fingerprint density at radius 3 is 2.76 bits per heavy atom. The van der Waals surface area contributed by atoms with Crippen LogP contribution < -0.4 is 15.4 Å². The van der Waals surface area contributed by atoms with E-state index in [0.29, 0.717) is 13.2 Å². The molecule has 2 N–H and O–H groups in total. The van der Waals surface area contributed by atoms with E-state index in [1.165, 1.54) is 19.3 Å². The van der Waals surface area contributed by atoms with E-state index in [0.717, 1.165) is 36.3 Å². The fourth-order valence-electron chi connectivity index (χ4n) is 2.24. The van der Waals surface area contributed by atoms with Crippen LogP contribution in [0.3, 0.4) is 0 Å². The molecule has 0 amide bonds. The van der Waals surface area contributed by atoms with Gasteiger partial charge in [0.1, 0.15) is 5.75 Å². The van der Waals surface area contributed by atoms with Gasteiger partial charge in [0.2, 0.25) is 0 Å². The summed E-state index contributed by atoms with van der Waals surface area (Å²) in [5.41, 5.74) is 1.12. The van der Waals surface area contributed by atoms with Gasteiger partial charge in [0, 0.05) is 18.7 Å². The highest BCUT2D eigenvalue weighted by Crippen LogP contribution is 2.31. The van der Waals surface area contributed by atoms with E-state index in [4.69, 9.17) is 4.74 Å². The minimum atomic E-state index is 0.634. The van der Waals surface area contributed by atoms with Gasteiger partial charge in [-0.2, -0.15) is 0 Å². The highest BCUT2D eigenvalue weighted by atomic mass is 16.5. The largest absolute Gasteiger partial charge is 0.494 e. The number of hydrogen-bond acceptors (Lipinski definition) is 2. The fourth-order valence-corrected chi connectivity index (χ4v) is 2.24. The second-order valence-electron chi connectivity index (χ2n) is 5.39. The monoisotopic (exact) mass is 289 g/mol. The van der Waals surface area contributed by atoms with Crippen molar-refractivity contribution in [3.8, 4) is 5.75 Å². The zero-order chi connectivity index (χ0) is 14.9. The van der Waals surface area contributed by atoms with Crippen LogP contribution in [0.4, 0.5) is 0 Å². The average Bonchev–Trinajstić information content (AvgIpc) is 3.30. The van der Waals surface area contributed by atoms with Crippen molar-refractivity contribution in [1.29, 1.82) is 0 Å². The number of ether oxygens (including phenoxy) is 1. The standard InChI is InChI=1S/C17H27N3O/c1-3-18-17(19-12-11-14-9-10-14)20-13-15-7-5-6-8-16(15)21-4-2/h5-8,14H,3-4,9-13H2,1-2H3,(H2,18,19,20). The van der Waals surface area contributed by atoms with Crippen molar-refractivity contribution in [3.05, 3.63) is 29.8 Å². The maximum atomic E-state index is 5.64. The van der Waals surface area contributed by atoms with Crippen molar-refractivity contribution in [1.82, 2.24) is 10.6 Å². The molecule has 0 spiro atoms. The number of guanidine groups is 1. The Labute approximate surface area is 128 Å². The van der Waals surface area contributed by atoms with Crippen LogP contribution in [0.15, 0.2) is 29.3 Å². The Morgan fingerprint density at radius 1 is 1.24 bits per heavy atom. The summed E-state index contributed by atoms with van der Waals surface area (Å²) in [6, 6.07) is 8.10. The first-order chi connectivity index (χ1) is 10.3. The van der Waals surface area contributed by atoms with E-state index in [2.05, 4.69) is 28.6 Å². The maximum Gasteiger partial charge on any atom is 0.191 e. The normalized spacial score (nSPS) is 14.9. The van der Waals surface area contributed by atoms with Crippen LogP contribution in [0.5, 0.6) is 5.75 Å². The quantitative estimate of drug-likeness (QED) is 0.571. The van der Waals surface area contributed by atoms with E-state index in [1.807, 2.05) is 25.1 Å². The molecule has 4 nitrogen and oxygen atoms in total. The van der Waals surface area contributed by atoms with Gasteiger partial charge in [0.05, 0.1) is 13.2 Å². The molecule has 0 aliphatic heterocycles.